The third kappa shape index (κ3) is 4.28. The lowest BCUT2D eigenvalue weighted by Gasteiger charge is -2.36. The van der Waals surface area contributed by atoms with Gasteiger partial charge in [-0.2, -0.15) is 0 Å². The highest BCUT2D eigenvalue weighted by Gasteiger charge is 2.74. The molecular weight excluding hydrogens is 562 g/mol. The number of fused-ring (bicyclic) bond motifs is 2. The number of para-hydroxylation sites is 1. The van der Waals surface area contributed by atoms with Crippen molar-refractivity contribution in [3.63, 3.8) is 0 Å². The number of anilines is 2. The molecule has 41 heavy (non-hydrogen) atoms. The monoisotopic (exact) mass is 593 g/mol. The molecule has 1 spiro atoms. The second-order valence-electron chi connectivity index (χ2n) is 10.8. The Morgan fingerprint density at radius 3 is 2.37 bits per heavy atom. The Labute approximate surface area is 248 Å². The summed E-state index contributed by atoms with van der Waals surface area (Å²) in [5.74, 6) is -1.53. The minimum Gasteiger partial charge on any atom is -0.494 e. The second kappa shape index (κ2) is 10.5. The van der Waals surface area contributed by atoms with Crippen LogP contribution in [0.4, 0.5) is 11.4 Å². The normalized spacial score (nSPS) is 30.7. The van der Waals surface area contributed by atoms with Crippen LogP contribution in [0.5, 0.6) is 5.75 Å². The minimum absolute atomic E-state index is 0.00563. The van der Waals surface area contributed by atoms with E-state index in [0.29, 0.717) is 35.3 Å². The number of likely N-dealkylation sites (tertiary alicyclic amines) is 1. The van der Waals surface area contributed by atoms with Gasteiger partial charge in [-0.1, -0.05) is 48.0 Å². The van der Waals surface area contributed by atoms with Crippen molar-refractivity contribution >= 4 is 52.5 Å². The van der Waals surface area contributed by atoms with Crippen LogP contribution >= 0.6 is 23.4 Å². The average Bonchev–Trinajstić information content (AvgIpc) is 3.21. The highest BCUT2D eigenvalue weighted by atomic mass is 35.5. The fourth-order valence-electron chi connectivity index (χ4n) is 6.88. The number of nitrogens with zero attached hydrogens (tertiary/aromatic N) is 3. The van der Waals surface area contributed by atoms with Crippen molar-refractivity contribution < 1.29 is 24.2 Å². The van der Waals surface area contributed by atoms with Crippen LogP contribution in [0.2, 0.25) is 5.02 Å². The summed E-state index contributed by atoms with van der Waals surface area (Å²) >= 11 is 8.01. The Morgan fingerprint density at radius 2 is 1.66 bits per heavy atom. The van der Waals surface area contributed by atoms with Crippen LogP contribution in [0, 0.1) is 11.8 Å². The number of aliphatic hydroxyl groups excluding tert-OH is 1. The molecule has 5 atom stereocenters. The van der Waals surface area contributed by atoms with Gasteiger partial charge in [-0.15, -0.1) is 11.8 Å². The summed E-state index contributed by atoms with van der Waals surface area (Å²) in [7, 11) is 0. The number of benzene rings is 2. The van der Waals surface area contributed by atoms with Crippen LogP contribution in [0.15, 0.2) is 72.8 Å². The summed E-state index contributed by atoms with van der Waals surface area (Å²) in [4.78, 5) is 47.9. The molecule has 10 heteroatoms. The van der Waals surface area contributed by atoms with E-state index in [4.69, 9.17) is 16.3 Å². The van der Waals surface area contributed by atoms with Gasteiger partial charge in [-0.05, 0) is 50.2 Å². The molecule has 0 aromatic heterocycles. The lowest BCUT2D eigenvalue weighted by atomic mass is 9.74. The van der Waals surface area contributed by atoms with Gasteiger partial charge in [-0.25, -0.2) is 0 Å². The van der Waals surface area contributed by atoms with E-state index < -0.39 is 27.4 Å². The van der Waals surface area contributed by atoms with Crippen LogP contribution in [0.1, 0.15) is 13.8 Å². The van der Waals surface area contributed by atoms with Gasteiger partial charge in [0.2, 0.25) is 11.8 Å². The number of carbonyl (C=O) groups excluding carboxylic acids is 3. The van der Waals surface area contributed by atoms with E-state index in [1.165, 1.54) is 16.7 Å². The summed E-state index contributed by atoms with van der Waals surface area (Å²) < 4.78 is 3.85. The Kier molecular flexibility index (Phi) is 7.16. The molecule has 3 amide bonds. The number of aliphatic hydroxyl groups is 1. The molecular formula is C31H32ClN3O5S. The molecule has 6 rings (SSSR count). The Hall–Kier alpha value is -3.27. The number of halogens is 1. The molecule has 4 aliphatic heterocycles. The third-order valence-electron chi connectivity index (χ3n) is 8.50. The zero-order valence-corrected chi connectivity index (χ0v) is 24.5. The molecule has 2 fully saturated rings. The van der Waals surface area contributed by atoms with Crippen molar-refractivity contribution in [2.24, 2.45) is 11.8 Å². The molecule has 1 unspecified atom stereocenters. The number of hydrogen-bond donors (Lipinski definition) is 1. The molecule has 8 nitrogen and oxygen atoms in total. The van der Waals surface area contributed by atoms with Crippen LogP contribution in [-0.4, -0.2) is 76.1 Å². The van der Waals surface area contributed by atoms with Crippen LogP contribution in [-0.2, 0) is 14.4 Å². The molecule has 4 aliphatic rings. The molecule has 0 bridgehead atoms. The Morgan fingerprint density at radius 1 is 0.951 bits per heavy atom. The first-order chi connectivity index (χ1) is 19.8. The molecule has 2 saturated heterocycles. The van der Waals surface area contributed by atoms with Crippen molar-refractivity contribution in [3.05, 3.63) is 77.9 Å². The highest BCUT2D eigenvalue weighted by Crippen LogP contribution is 2.65. The summed E-state index contributed by atoms with van der Waals surface area (Å²) in [5, 5.41) is 10.4. The number of carbonyl (C=O) groups is 3. The molecule has 1 N–H and O–H groups in total. The van der Waals surface area contributed by atoms with Gasteiger partial charge in [0.1, 0.15) is 11.8 Å². The van der Waals surface area contributed by atoms with E-state index >= 15 is 0 Å². The van der Waals surface area contributed by atoms with E-state index in [-0.39, 0.29) is 37.4 Å². The standard InChI is InChI=1S/C31H32ClN3O5S/c1-3-40-21-12-10-20(11-13-21)33-16-6-14-30(2)24(27(33)37)25-28(38)35(18-19-36)26-29(39)34(17-7-15-31(25,26)41-30)23-9-5-4-8-22(23)32/h4-15,24-26,36H,3,16-19H2,1-2H3/t24-,25-,26?,30+,31-/m0/s1. The number of β-amino-alcohol motifs (C(OH)–C–C–N with tert-alkyl or cyclic N) is 1. The summed E-state index contributed by atoms with van der Waals surface area (Å²) in [6.07, 6.45) is 7.86. The number of amides is 3. The zero-order valence-electron chi connectivity index (χ0n) is 22.9. The number of thioether (sulfide) groups is 1. The summed E-state index contributed by atoms with van der Waals surface area (Å²) in [5.41, 5.74) is 1.27. The SMILES string of the molecule is CCOc1ccc(N2CC=C[C@@]3(C)S[C@]45C=CCN(c6ccccc6Cl)C(=O)C4N(CCO)C(=O)[C@@H]5[C@H]3C2=O)cc1. The van der Waals surface area contributed by atoms with Gasteiger partial charge in [0.05, 0.1) is 40.5 Å². The predicted molar refractivity (Wildman–Crippen MR) is 160 cm³/mol. The molecule has 214 valence electrons. The molecule has 2 aromatic rings. The van der Waals surface area contributed by atoms with Gasteiger partial charge in [0.25, 0.3) is 5.91 Å². The first kappa shape index (κ1) is 27.9. The van der Waals surface area contributed by atoms with E-state index in [1.807, 2.05) is 68.5 Å². The van der Waals surface area contributed by atoms with Crippen molar-refractivity contribution in [2.45, 2.75) is 29.4 Å². The smallest absolute Gasteiger partial charge is 0.251 e. The van der Waals surface area contributed by atoms with E-state index in [0.717, 1.165) is 0 Å². The lowest BCUT2D eigenvalue weighted by molar-refractivity contribution is -0.139. The van der Waals surface area contributed by atoms with Crippen LogP contribution in [0.25, 0.3) is 0 Å². The maximum absolute atomic E-state index is 14.4. The van der Waals surface area contributed by atoms with Crippen molar-refractivity contribution in [1.82, 2.24) is 4.90 Å². The van der Waals surface area contributed by atoms with Crippen molar-refractivity contribution in [3.8, 4) is 5.75 Å². The van der Waals surface area contributed by atoms with Gasteiger partial charge >= 0.3 is 0 Å². The Balaban J connectivity index is 1.43. The summed E-state index contributed by atoms with van der Waals surface area (Å²) in [6.45, 7) is 4.78. The van der Waals surface area contributed by atoms with Gasteiger partial charge in [0, 0.05) is 30.1 Å². The molecule has 0 aliphatic carbocycles. The fraction of sp³-hybridized carbons (Fsp3) is 0.387. The lowest BCUT2D eigenvalue weighted by Crippen LogP contribution is -2.54. The van der Waals surface area contributed by atoms with E-state index in [9.17, 15) is 19.5 Å². The number of hydrogen-bond acceptors (Lipinski definition) is 6. The van der Waals surface area contributed by atoms with Crippen molar-refractivity contribution in [2.75, 3.05) is 42.6 Å². The second-order valence-corrected chi connectivity index (χ2v) is 13.0. The quantitative estimate of drug-likeness (QED) is 0.511. The average molecular weight is 594 g/mol. The molecule has 4 heterocycles. The van der Waals surface area contributed by atoms with Crippen LogP contribution < -0.4 is 14.5 Å². The summed E-state index contributed by atoms with van der Waals surface area (Å²) in [6, 6.07) is 13.6. The van der Waals surface area contributed by atoms with E-state index in [1.54, 1.807) is 28.0 Å². The largest absolute Gasteiger partial charge is 0.494 e. The molecule has 0 radical (unpaired) electrons. The fourth-order valence-corrected chi connectivity index (χ4v) is 9.27. The highest BCUT2D eigenvalue weighted by molar-refractivity contribution is 8.02. The zero-order chi connectivity index (χ0) is 28.9. The first-order valence-corrected chi connectivity index (χ1v) is 15.0. The topological polar surface area (TPSA) is 90.4 Å². The maximum atomic E-state index is 14.4. The maximum Gasteiger partial charge on any atom is 0.251 e. The van der Waals surface area contributed by atoms with Crippen molar-refractivity contribution in [1.29, 1.82) is 0 Å². The molecule has 0 saturated carbocycles. The predicted octanol–water partition coefficient (Wildman–Crippen LogP) is 3.92. The minimum atomic E-state index is -0.999. The third-order valence-corrected chi connectivity index (χ3v) is 10.6. The first-order valence-electron chi connectivity index (χ1n) is 13.8. The Bertz CT molecular complexity index is 1450. The van der Waals surface area contributed by atoms with Crippen LogP contribution in [0.3, 0.4) is 0 Å². The van der Waals surface area contributed by atoms with Gasteiger partial charge in [-0.3, -0.25) is 14.4 Å². The van der Waals surface area contributed by atoms with Gasteiger partial charge in [0.15, 0.2) is 0 Å². The number of ether oxygens (including phenoxy) is 1. The van der Waals surface area contributed by atoms with E-state index in [2.05, 4.69) is 0 Å². The number of rotatable bonds is 6. The molecule has 2 aromatic carbocycles. The van der Waals surface area contributed by atoms with Gasteiger partial charge < -0.3 is 24.5 Å².